The van der Waals surface area contributed by atoms with Gasteiger partial charge in [0.15, 0.2) is 6.23 Å². The molecule has 12 nitrogen and oxygen atoms in total. The van der Waals surface area contributed by atoms with Gasteiger partial charge in [0.2, 0.25) is 0 Å². The standard InChI is InChI=1S/C11H16N6O6/c1-16(15-22)10(20)14-7-5(4-18)23-9(8(7)19)17-3-2-6(12)13-11(17)21/h2-3,5,7-9,18-19H,4H2,1H3,(H,14,20)(H2,12,13,21)/t5-,7-,8-,9-/m1/s1. The molecule has 0 unspecified atom stereocenters. The fraction of sp³-hybridized carbons (Fsp3) is 0.545. The Kier molecular flexibility index (Phi) is 4.88. The van der Waals surface area contributed by atoms with Crippen LogP contribution in [0.1, 0.15) is 6.23 Å². The first-order valence-electron chi connectivity index (χ1n) is 6.55. The zero-order valence-electron chi connectivity index (χ0n) is 12.1. The number of aromatic nitrogens is 2. The molecule has 4 atom stereocenters. The van der Waals surface area contributed by atoms with Gasteiger partial charge in [0.1, 0.15) is 18.0 Å². The maximum absolute atomic E-state index is 11.8. The first-order valence-corrected chi connectivity index (χ1v) is 6.55. The van der Waals surface area contributed by atoms with Crippen molar-refractivity contribution in [1.82, 2.24) is 19.9 Å². The van der Waals surface area contributed by atoms with E-state index in [9.17, 15) is 24.7 Å². The van der Waals surface area contributed by atoms with Crippen LogP contribution in [0.25, 0.3) is 0 Å². The van der Waals surface area contributed by atoms with Crippen LogP contribution in [-0.4, -0.2) is 62.7 Å². The number of urea groups is 1. The predicted octanol–water partition coefficient (Wildman–Crippen LogP) is -2.23. The summed E-state index contributed by atoms with van der Waals surface area (Å²) in [4.78, 5) is 37.3. The predicted molar refractivity (Wildman–Crippen MR) is 75.8 cm³/mol. The second-order valence-corrected chi connectivity index (χ2v) is 4.86. The first-order chi connectivity index (χ1) is 10.9. The number of nitrogens with zero attached hydrogens (tertiary/aromatic N) is 4. The highest BCUT2D eigenvalue weighted by atomic mass is 16.5. The van der Waals surface area contributed by atoms with Crippen LogP contribution in [-0.2, 0) is 4.74 Å². The van der Waals surface area contributed by atoms with Gasteiger partial charge in [0, 0.05) is 13.2 Å². The molecule has 1 fully saturated rings. The molecule has 1 aliphatic rings. The Balaban J connectivity index is 2.24. The topological polar surface area (TPSA) is 172 Å². The van der Waals surface area contributed by atoms with Crippen LogP contribution in [0.15, 0.2) is 22.3 Å². The summed E-state index contributed by atoms with van der Waals surface area (Å²) < 4.78 is 6.38. The van der Waals surface area contributed by atoms with E-state index in [0.717, 1.165) is 11.6 Å². The third kappa shape index (κ3) is 3.28. The van der Waals surface area contributed by atoms with Crippen LogP contribution in [0.3, 0.4) is 0 Å². The Labute approximate surface area is 129 Å². The largest absolute Gasteiger partial charge is 0.394 e. The molecule has 2 rings (SSSR count). The number of aliphatic hydroxyl groups is 2. The van der Waals surface area contributed by atoms with Crippen molar-refractivity contribution in [1.29, 1.82) is 0 Å². The summed E-state index contributed by atoms with van der Waals surface area (Å²) in [6.45, 7) is -0.534. The lowest BCUT2D eigenvalue weighted by molar-refractivity contribution is -0.0531. The van der Waals surface area contributed by atoms with Crippen molar-refractivity contribution in [2.75, 3.05) is 19.4 Å². The van der Waals surface area contributed by atoms with E-state index in [2.05, 4.69) is 15.6 Å². The van der Waals surface area contributed by atoms with Crippen molar-refractivity contribution >= 4 is 11.8 Å². The second kappa shape index (κ2) is 6.68. The molecule has 1 aromatic heterocycles. The van der Waals surface area contributed by atoms with E-state index in [0.29, 0.717) is 5.01 Å². The molecule has 1 aromatic rings. The van der Waals surface area contributed by atoms with E-state index in [4.69, 9.17) is 10.5 Å². The fourth-order valence-electron chi connectivity index (χ4n) is 2.20. The van der Waals surface area contributed by atoms with Gasteiger partial charge in [-0.25, -0.2) is 9.59 Å². The molecule has 23 heavy (non-hydrogen) atoms. The van der Waals surface area contributed by atoms with E-state index in [1.54, 1.807) is 0 Å². The van der Waals surface area contributed by atoms with Crippen LogP contribution < -0.4 is 16.7 Å². The van der Waals surface area contributed by atoms with Crippen molar-refractivity contribution in [3.8, 4) is 0 Å². The van der Waals surface area contributed by atoms with Crippen molar-refractivity contribution < 1.29 is 19.7 Å². The summed E-state index contributed by atoms with van der Waals surface area (Å²) in [6.07, 6.45) is -2.29. The molecular formula is C11H16N6O6. The molecular weight excluding hydrogens is 312 g/mol. The monoisotopic (exact) mass is 328 g/mol. The van der Waals surface area contributed by atoms with Crippen molar-refractivity contribution in [2.45, 2.75) is 24.5 Å². The van der Waals surface area contributed by atoms with Gasteiger partial charge in [-0.05, 0) is 6.07 Å². The highest BCUT2D eigenvalue weighted by molar-refractivity contribution is 5.74. The molecule has 126 valence electrons. The second-order valence-electron chi connectivity index (χ2n) is 4.86. The number of nitroso groups, excluding NO2 is 1. The fourth-order valence-corrected chi connectivity index (χ4v) is 2.20. The van der Waals surface area contributed by atoms with Crippen molar-refractivity contribution in [2.24, 2.45) is 5.29 Å². The summed E-state index contributed by atoms with van der Waals surface area (Å²) in [6, 6.07) is -0.623. The molecule has 0 saturated carbocycles. The number of amides is 2. The number of nitrogens with one attached hydrogen (secondary N) is 1. The summed E-state index contributed by atoms with van der Waals surface area (Å²) in [7, 11) is 1.12. The molecule has 0 aliphatic carbocycles. The Morgan fingerprint density at radius 3 is 2.91 bits per heavy atom. The molecule has 0 spiro atoms. The van der Waals surface area contributed by atoms with Crippen LogP contribution >= 0.6 is 0 Å². The van der Waals surface area contributed by atoms with Gasteiger partial charge in [-0.15, -0.1) is 4.91 Å². The number of ether oxygens (including phenoxy) is 1. The van der Waals surface area contributed by atoms with E-state index in [1.807, 2.05) is 0 Å². The number of hydrogen-bond donors (Lipinski definition) is 4. The lowest BCUT2D eigenvalue weighted by atomic mass is 10.1. The molecule has 1 saturated heterocycles. The normalized spacial score (nSPS) is 26.7. The average Bonchev–Trinajstić information content (AvgIpc) is 2.83. The summed E-state index contributed by atoms with van der Waals surface area (Å²) in [5.74, 6) is 0.000907. The SMILES string of the molecule is CN(N=O)C(=O)N[C@H]1[C@@H](O)[C@H](n2ccc(N)nc2=O)O[C@@H]1CO. The third-order valence-corrected chi connectivity index (χ3v) is 3.39. The van der Waals surface area contributed by atoms with E-state index < -0.39 is 42.8 Å². The molecule has 1 aliphatic heterocycles. The van der Waals surface area contributed by atoms with Crippen LogP contribution in [0.4, 0.5) is 10.6 Å². The molecule has 12 heteroatoms. The number of carbonyl (C=O) groups is 1. The first kappa shape index (κ1) is 16.8. The lowest BCUT2D eigenvalue weighted by Gasteiger charge is -2.21. The Hall–Kier alpha value is -2.57. The quantitative estimate of drug-likeness (QED) is 0.355. The van der Waals surface area contributed by atoms with Gasteiger partial charge in [-0.3, -0.25) is 4.57 Å². The van der Waals surface area contributed by atoms with E-state index in [1.165, 1.54) is 12.3 Å². The number of nitrogen functional groups attached to an aromatic ring is 1. The minimum Gasteiger partial charge on any atom is -0.394 e. The summed E-state index contributed by atoms with van der Waals surface area (Å²) in [5.41, 5.74) is 4.63. The van der Waals surface area contributed by atoms with Gasteiger partial charge in [0.05, 0.1) is 17.9 Å². The Morgan fingerprint density at radius 1 is 1.65 bits per heavy atom. The third-order valence-electron chi connectivity index (χ3n) is 3.39. The van der Waals surface area contributed by atoms with Crippen LogP contribution in [0, 0.1) is 4.91 Å². The zero-order valence-corrected chi connectivity index (χ0v) is 12.1. The number of anilines is 1. The van der Waals surface area contributed by atoms with Crippen molar-refractivity contribution in [3.05, 3.63) is 27.7 Å². The molecule has 2 amide bonds. The van der Waals surface area contributed by atoms with Crippen LogP contribution in [0.5, 0.6) is 0 Å². The van der Waals surface area contributed by atoms with E-state index >= 15 is 0 Å². The number of hydrogen-bond acceptors (Lipinski definition) is 9. The molecule has 0 bridgehead atoms. The molecule has 2 heterocycles. The maximum atomic E-state index is 11.8. The lowest BCUT2D eigenvalue weighted by Crippen LogP contribution is -2.51. The zero-order chi connectivity index (χ0) is 17.1. The number of rotatable bonds is 4. The van der Waals surface area contributed by atoms with E-state index in [-0.39, 0.29) is 5.82 Å². The average molecular weight is 328 g/mol. The number of aliphatic hydroxyl groups excluding tert-OH is 2. The highest BCUT2D eigenvalue weighted by Gasteiger charge is 2.45. The molecule has 5 N–H and O–H groups in total. The number of nitrogens with two attached hydrogens (primary N) is 1. The smallest absolute Gasteiger partial charge is 0.351 e. The van der Waals surface area contributed by atoms with Gasteiger partial charge in [-0.2, -0.15) is 9.99 Å². The summed E-state index contributed by atoms with van der Waals surface area (Å²) >= 11 is 0. The minimum absolute atomic E-state index is 0.000907. The number of carbonyl (C=O) groups excluding carboxylic acids is 1. The molecule has 0 aromatic carbocycles. The van der Waals surface area contributed by atoms with Gasteiger partial charge < -0.3 is 26.0 Å². The highest BCUT2D eigenvalue weighted by Crippen LogP contribution is 2.28. The Morgan fingerprint density at radius 2 is 2.35 bits per heavy atom. The summed E-state index contributed by atoms with van der Waals surface area (Å²) in [5, 5.41) is 24.8. The van der Waals surface area contributed by atoms with Crippen LogP contribution in [0.2, 0.25) is 0 Å². The van der Waals surface area contributed by atoms with Gasteiger partial charge in [0.25, 0.3) is 0 Å². The Bertz CT molecular complexity index is 650. The molecule has 0 radical (unpaired) electrons. The maximum Gasteiger partial charge on any atom is 0.351 e. The minimum atomic E-state index is -1.38. The van der Waals surface area contributed by atoms with Crippen molar-refractivity contribution in [3.63, 3.8) is 0 Å². The van der Waals surface area contributed by atoms with Gasteiger partial charge in [-0.1, -0.05) is 0 Å². The van der Waals surface area contributed by atoms with Gasteiger partial charge >= 0.3 is 11.7 Å².